The average Bonchev–Trinajstić information content (AvgIpc) is 3.30. The summed E-state index contributed by atoms with van der Waals surface area (Å²) in [4.78, 5) is 34.3. The molecule has 0 aliphatic carbocycles. The molecule has 2 N–H and O–H groups in total. The van der Waals surface area contributed by atoms with Crippen molar-refractivity contribution in [3.8, 4) is 17.2 Å². The third-order valence-electron chi connectivity index (χ3n) is 5.26. The van der Waals surface area contributed by atoms with Crippen molar-refractivity contribution in [2.24, 2.45) is 21.2 Å². The van der Waals surface area contributed by atoms with Crippen molar-refractivity contribution in [3.63, 3.8) is 0 Å². The van der Waals surface area contributed by atoms with Gasteiger partial charge in [0.2, 0.25) is 0 Å². The molecule has 0 fully saturated rings. The molecule has 0 spiro atoms. The zero-order valence-corrected chi connectivity index (χ0v) is 19.4. The van der Waals surface area contributed by atoms with Gasteiger partial charge in [0, 0.05) is 10.9 Å². The molecule has 10 nitrogen and oxygen atoms in total. The van der Waals surface area contributed by atoms with E-state index in [2.05, 4.69) is 31.4 Å². The number of ether oxygens (including phenoxy) is 2. The SMILES string of the molecule is COc1ccc(Oc2ccc(C3=NN(C(N)=O)C(c4cc(Br)c(N=O)c(N=O)c4)C3)cc2)cc1. The first-order valence-electron chi connectivity index (χ1n) is 10.0. The highest BCUT2D eigenvalue weighted by atomic mass is 79.9. The molecule has 11 heteroatoms. The van der Waals surface area contributed by atoms with Gasteiger partial charge >= 0.3 is 6.03 Å². The number of methoxy groups -OCH3 is 1. The fraction of sp³-hybridized carbons (Fsp3) is 0.130. The van der Waals surface area contributed by atoms with Crippen molar-refractivity contribution in [3.05, 3.63) is 86.1 Å². The Hall–Kier alpha value is -4.12. The summed E-state index contributed by atoms with van der Waals surface area (Å²) in [5.41, 5.74) is 7.22. The van der Waals surface area contributed by atoms with Crippen molar-refractivity contribution >= 4 is 39.0 Å². The summed E-state index contributed by atoms with van der Waals surface area (Å²) in [6.07, 6.45) is 0.334. The maximum Gasteiger partial charge on any atom is 0.335 e. The Morgan fingerprint density at radius 1 is 1.03 bits per heavy atom. The van der Waals surface area contributed by atoms with E-state index in [0.717, 1.165) is 16.3 Å². The minimum absolute atomic E-state index is 0.115. The van der Waals surface area contributed by atoms with Crippen LogP contribution in [0.1, 0.15) is 23.6 Å². The number of nitrogens with two attached hydrogens (primary N) is 1. The quantitative estimate of drug-likeness (QED) is 0.363. The van der Waals surface area contributed by atoms with Gasteiger partial charge in [-0.15, -0.1) is 9.81 Å². The molecule has 0 radical (unpaired) electrons. The third kappa shape index (κ3) is 4.64. The second kappa shape index (κ2) is 9.79. The number of urea groups is 1. The summed E-state index contributed by atoms with van der Waals surface area (Å²) in [5.74, 6) is 2.01. The molecule has 1 aliphatic heterocycles. The van der Waals surface area contributed by atoms with Crippen LogP contribution in [0.15, 0.2) is 80.6 Å². The summed E-state index contributed by atoms with van der Waals surface area (Å²) in [7, 11) is 1.60. The largest absolute Gasteiger partial charge is 0.497 e. The molecule has 4 rings (SSSR count). The predicted molar refractivity (Wildman–Crippen MR) is 130 cm³/mol. The summed E-state index contributed by atoms with van der Waals surface area (Å²) < 4.78 is 11.3. The minimum atomic E-state index is -0.756. The molecule has 172 valence electrons. The molecule has 0 bridgehead atoms. The zero-order valence-electron chi connectivity index (χ0n) is 17.8. The third-order valence-corrected chi connectivity index (χ3v) is 5.86. The molecule has 1 unspecified atom stereocenters. The molecule has 1 heterocycles. The molecule has 1 aliphatic rings. The monoisotopic (exact) mass is 523 g/mol. The zero-order chi connectivity index (χ0) is 24.2. The van der Waals surface area contributed by atoms with E-state index in [9.17, 15) is 14.6 Å². The highest BCUT2D eigenvalue weighted by molar-refractivity contribution is 9.10. The maximum absolute atomic E-state index is 12.1. The first kappa shape index (κ1) is 23.1. The van der Waals surface area contributed by atoms with Crippen molar-refractivity contribution in [2.75, 3.05) is 7.11 Å². The van der Waals surface area contributed by atoms with Crippen LogP contribution >= 0.6 is 15.9 Å². The fourth-order valence-electron chi connectivity index (χ4n) is 3.60. The highest BCUT2D eigenvalue weighted by Crippen LogP contribution is 2.42. The second-order valence-corrected chi connectivity index (χ2v) is 8.16. The number of hydrogen-bond acceptors (Lipinski definition) is 8. The number of hydrogen-bond donors (Lipinski definition) is 1. The molecule has 34 heavy (non-hydrogen) atoms. The van der Waals surface area contributed by atoms with Crippen molar-refractivity contribution in [1.82, 2.24) is 5.01 Å². The van der Waals surface area contributed by atoms with E-state index in [-0.39, 0.29) is 15.8 Å². The molecule has 0 saturated carbocycles. The summed E-state index contributed by atoms with van der Waals surface area (Å²) in [6, 6.07) is 16.1. The van der Waals surface area contributed by atoms with Gasteiger partial charge in [-0.1, -0.05) is 0 Å². The molecule has 1 atom stereocenters. The van der Waals surface area contributed by atoms with E-state index in [0.29, 0.717) is 29.2 Å². The molecule has 0 aromatic heterocycles. The lowest BCUT2D eigenvalue weighted by molar-refractivity contribution is 0.196. The van der Waals surface area contributed by atoms with Gasteiger partial charge < -0.3 is 15.2 Å². The van der Waals surface area contributed by atoms with E-state index in [1.54, 1.807) is 49.6 Å². The lowest BCUT2D eigenvalue weighted by Crippen LogP contribution is -2.31. The number of rotatable bonds is 7. The van der Waals surface area contributed by atoms with E-state index >= 15 is 0 Å². The first-order chi connectivity index (χ1) is 16.4. The first-order valence-corrected chi connectivity index (χ1v) is 10.8. The number of halogens is 1. The van der Waals surface area contributed by atoms with Gasteiger partial charge in [0.1, 0.15) is 22.9 Å². The van der Waals surface area contributed by atoms with Gasteiger partial charge in [-0.25, -0.2) is 9.80 Å². The Balaban J connectivity index is 1.56. The Labute approximate surface area is 202 Å². The molecule has 3 aromatic rings. The number of hydrazone groups is 1. The van der Waals surface area contributed by atoms with Crippen molar-refractivity contribution in [1.29, 1.82) is 0 Å². The van der Waals surface area contributed by atoms with Crippen LogP contribution in [0.4, 0.5) is 16.2 Å². The Morgan fingerprint density at radius 3 is 2.21 bits per heavy atom. The summed E-state index contributed by atoms with van der Waals surface area (Å²) >= 11 is 3.22. The van der Waals surface area contributed by atoms with Crippen LogP contribution in [0.25, 0.3) is 0 Å². The predicted octanol–water partition coefficient (Wildman–Crippen LogP) is 6.28. The number of carbonyl (C=O) groups excluding carboxylic acids is 1. The van der Waals surface area contributed by atoms with Crippen LogP contribution in [0.3, 0.4) is 0 Å². The average molecular weight is 524 g/mol. The Morgan fingerprint density at radius 2 is 1.65 bits per heavy atom. The molecule has 0 saturated heterocycles. The summed E-state index contributed by atoms with van der Waals surface area (Å²) in [6.45, 7) is 0. The van der Waals surface area contributed by atoms with Crippen LogP contribution in [-0.4, -0.2) is 23.9 Å². The second-order valence-electron chi connectivity index (χ2n) is 7.30. The maximum atomic E-state index is 12.1. The van der Waals surface area contributed by atoms with Gasteiger partial charge in [0.25, 0.3) is 0 Å². The molecular formula is C23H18BrN5O5. The number of nitrogens with zero attached hydrogens (tertiary/aromatic N) is 4. The van der Waals surface area contributed by atoms with E-state index < -0.39 is 12.1 Å². The summed E-state index contributed by atoms with van der Waals surface area (Å²) in [5, 5.41) is 11.2. The fourth-order valence-corrected chi connectivity index (χ4v) is 4.14. The number of carbonyl (C=O) groups is 1. The van der Waals surface area contributed by atoms with E-state index in [4.69, 9.17) is 15.2 Å². The van der Waals surface area contributed by atoms with Gasteiger partial charge in [0.05, 0.1) is 18.9 Å². The number of amides is 2. The van der Waals surface area contributed by atoms with Gasteiger partial charge in [-0.2, -0.15) is 5.10 Å². The van der Waals surface area contributed by atoms with E-state index in [1.807, 2.05) is 12.1 Å². The van der Waals surface area contributed by atoms with Crippen LogP contribution in [0, 0.1) is 9.81 Å². The van der Waals surface area contributed by atoms with Gasteiger partial charge in [-0.3, -0.25) is 0 Å². The Bertz CT molecular complexity index is 1280. The van der Waals surface area contributed by atoms with Crippen LogP contribution < -0.4 is 15.2 Å². The molecular weight excluding hydrogens is 506 g/mol. The van der Waals surface area contributed by atoms with Crippen molar-refractivity contribution in [2.45, 2.75) is 12.5 Å². The smallest absolute Gasteiger partial charge is 0.335 e. The van der Waals surface area contributed by atoms with Crippen LogP contribution in [0.2, 0.25) is 0 Å². The number of benzene rings is 3. The Kier molecular flexibility index (Phi) is 6.64. The number of nitroso groups, excluding NO2 is 2. The van der Waals surface area contributed by atoms with Crippen LogP contribution in [0.5, 0.6) is 17.2 Å². The molecule has 2 amide bonds. The van der Waals surface area contributed by atoms with Gasteiger partial charge in [-0.05, 0) is 98.1 Å². The topological polar surface area (TPSA) is 136 Å². The lowest BCUT2D eigenvalue weighted by Gasteiger charge is -2.20. The van der Waals surface area contributed by atoms with E-state index in [1.165, 1.54) is 6.07 Å². The molecule has 3 aromatic carbocycles. The minimum Gasteiger partial charge on any atom is -0.497 e. The normalized spacial score (nSPS) is 14.9. The van der Waals surface area contributed by atoms with Crippen molar-refractivity contribution < 1.29 is 14.3 Å². The van der Waals surface area contributed by atoms with Gasteiger partial charge in [0.15, 0.2) is 5.69 Å². The highest BCUT2D eigenvalue weighted by Gasteiger charge is 2.33. The standard InChI is InChI=1S/C23H18BrN5O5/c1-33-15-6-8-17(9-7-15)34-16-4-2-13(3-5-16)19-12-21(29(26-19)23(25)30)14-10-18(24)22(28-32)20(11-14)27-31/h2-11,21H,12H2,1H3,(H2,25,30). The number of primary amides is 1. The lowest BCUT2D eigenvalue weighted by atomic mass is 9.97. The van der Waals surface area contributed by atoms with Crippen LogP contribution in [-0.2, 0) is 0 Å².